The van der Waals surface area contributed by atoms with Gasteiger partial charge in [-0.1, -0.05) is 6.08 Å². The van der Waals surface area contributed by atoms with Crippen LogP contribution in [0, 0.1) is 38.9 Å². The van der Waals surface area contributed by atoms with Crippen molar-refractivity contribution in [1.82, 2.24) is 37.2 Å². The molecule has 21 N–H and O–H groups in total. The summed E-state index contributed by atoms with van der Waals surface area (Å²) < 4.78 is 0. The zero-order valence-electron chi connectivity index (χ0n) is 69.6. The van der Waals surface area contributed by atoms with E-state index in [9.17, 15) is 24.0 Å². The number of nitrogens with one attached hydrogen (secondary N) is 10. The number of hydrogen-bond acceptors (Lipinski definition) is 37. The van der Waals surface area contributed by atoms with Crippen molar-refractivity contribution in [2.24, 2.45) is 104 Å². The van der Waals surface area contributed by atoms with E-state index in [2.05, 4.69) is 135 Å². The number of hydrogen-bond donors (Lipinski definition) is 18. The van der Waals surface area contributed by atoms with Gasteiger partial charge < -0.3 is 80.0 Å². The lowest BCUT2D eigenvalue weighted by molar-refractivity contribution is -0.335. The van der Waals surface area contributed by atoms with Crippen LogP contribution in [0.25, 0.3) is 0 Å². The Balaban J connectivity index is 0. The predicted molar refractivity (Wildman–Crippen MR) is 430 cm³/mol. The molecule has 44 heteroatoms. The lowest BCUT2D eigenvalue weighted by atomic mass is 9.99. The molecule has 0 aliphatic carbocycles. The first-order valence-electron chi connectivity index (χ1n) is 36.1. The van der Waals surface area contributed by atoms with Gasteiger partial charge in [0.1, 0.15) is 97.8 Å². The molecule has 1 amide bonds. The second kappa shape index (κ2) is 47.8. The Bertz CT molecular complexity index is 3430. The van der Waals surface area contributed by atoms with Gasteiger partial charge in [0.25, 0.3) is 5.72 Å². The number of carbonyl (C=O) groups is 5. The molecule has 44 nitrogen and oxygen atoms in total. The molecule has 0 aromatic rings. The number of aliphatic imine (C=N–C) groups is 5. The van der Waals surface area contributed by atoms with Crippen LogP contribution in [0.15, 0.2) is 99.0 Å². The summed E-state index contributed by atoms with van der Waals surface area (Å²) in [5, 5.41) is 153. The average molecular weight is 1600 g/mol. The molecule has 0 bridgehead atoms. The van der Waals surface area contributed by atoms with Crippen molar-refractivity contribution in [2.75, 3.05) is 105 Å². The average Bonchev–Trinajstić information content (AvgIpc) is 1.68. The lowest BCUT2D eigenvalue weighted by Crippen LogP contribution is -2.45. The largest absolute Gasteiger partial charge is 0.481 e. The summed E-state index contributed by atoms with van der Waals surface area (Å²) >= 11 is 0. The molecule has 0 aromatic carbocycles. The highest BCUT2D eigenvalue weighted by Crippen LogP contribution is 2.25. The number of rotatable bonds is 41. The number of aldehydes is 1. The quantitative estimate of drug-likeness (QED) is 0.00597. The van der Waals surface area contributed by atoms with E-state index in [1.54, 1.807) is 75.3 Å². The molecule has 0 spiro atoms. The number of aliphatic hydroxyl groups is 2. The minimum Gasteiger partial charge on any atom is -0.481 e. The maximum atomic E-state index is 11.7. The van der Waals surface area contributed by atoms with Crippen molar-refractivity contribution < 1.29 is 59.3 Å². The van der Waals surface area contributed by atoms with Crippen LogP contribution in [0.4, 0.5) is 0 Å². The highest BCUT2D eigenvalue weighted by atomic mass is 17.2. The van der Waals surface area contributed by atoms with E-state index in [0.717, 1.165) is 75.7 Å². The highest BCUT2D eigenvalue weighted by molar-refractivity contribution is 5.95. The number of azo groups is 6. The van der Waals surface area contributed by atoms with Crippen molar-refractivity contribution in [3.63, 3.8) is 0 Å². The van der Waals surface area contributed by atoms with Gasteiger partial charge in [-0.15, -0.1) is 11.7 Å². The molecule has 0 radical (unpaired) electrons. The van der Waals surface area contributed by atoms with E-state index in [4.69, 9.17) is 74.4 Å². The van der Waals surface area contributed by atoms with Crippen molar-refractivity contribution in [1.29, 1.82) is 26.8 Å². The lowest BCUT2D eigenvalue weighted by Gasteiger charge is -2.23. The van der Waals surface area contributed by atoms with Crippen molar-refractivity contribution in [3.05, 3.63) is 12.7 Å². The Morgan fingerprint density at radius 3 is 1.25 bits per heavy atom. The van der Waals surface area contributed by atoms with Crippen LogP contribution < -0.4 is 54.4 Å². The zero-order chi connectivity index (χ0) is 87.6. The zero-order valence-corrected chi connectivity index (χ0v) is 69.6. The van der Waals surface area contributed by atoms with E-state index >= 15 is 0 Å². The Hall–Kier alpha value is -10.4. The fourth-order valence-electron chi connectivity index (χ4n) is 7.62. The molecule has 4 aliphatic heterocycles. The van der Waals surface area contributed by atoms with Crippen LogP contribution in [0.3, 0.4) is 0 Å². The minimum atomic E-state index is -1.72. The molecule has 4 aliphatic rings. The van der Waals surface area contributed by atoms with E-state index in [1.165, 1.54) is 26.8 Å². The topological polar surface area (TPSA) is 696 Å². The molecule has 634 valence electrons. The van der Waals surface area contributed by atoms with Gasteiger partial charge in [-0.2, -0.15) is 71.7 Å². The molecular formula is C69H126N32O12. The third kappa shape index (κ3) is 41.6. The van der Waals surface area contributed by atoms with Crippen LogP contribution in [0.2, 0.25) is 0 Å². The number of amides is 1. The number of carbonyl (C=O) groups excluding carboxylic acids is 2. The first kappa shape index (κ1) is 105. The fraction of sp³-hybridized carbons (Fsp3) is 0.754. The van der Waals surface area contributed by atoms with E-state index < -0.39 is 90.6 Å². The number of aliphatic carboxylic acids is 3. The summed E-state index contributed by atoms with van der Waals surface area (Å²) in [6, 6.07) is 3.58. The second-order valence-corrected chi connectivity index (χ2v) is 30.5. The maximum absolute atomic E-state index is 11.7. The van der Waals surface area contributed by atoms with E-state index in [-0.39, 0.29) is 95.0 Å². The molecule has 4 rings (SSSR count). The SMILES string of the molecule is C=CCOOC(C)(C#N)N=NC(C)(C#N)CCC(=O)O.CC(C)(N=NC(C)(C)C(=N)N)C(=N)N.CC(C)(N=NC(C)(C)C(N)=NCCC(=O)O)C(=N)CNCC(=O)O.CC(C)(N=NC(C)(C)C1=NCCN1)C1=NCCN1.CC(C)(N=NC(C)(C)C1=NCCN1)C1=NCCN1.CC(C=O)(N=NC(C)(C)C(=O)NCCO)NCCO. The first-order valence-corrected chi connectivity index (χ1v) is 36.1. The Morgan fingerprint density at radius 2 is 0.920 bits per heavy atom. The van der Waals surface area contributed by atoms with Gasteiger partial charge in [0.2, 0.25) is 5.91 Å². The molecule has 113 heavy (non-hydrogen) atoms. The van der Waals surface area contributed by atoms with E-state index in [0.29, 0.717) is 6.29 Å². The number of amidine groups is 7. The fourth-order valence-corrected chi connectivity index (χ4v) is 7.62. The van der Waals surface area contributed by atoms with Gasteiger partial charge in [0.05, 0.1) is 70.7 Å². The van der Waals surface area contributed by atoms with Gasteiger partial charge in [0, 0.05) is 59.2 Å². The van der Waals surface area contributed by atoms with Gasteiger partial charge in [-0.25, -0.2) is 4.89 Å². The summed E-state index contributed by atoms with van der Waals surface area (Å²) in [5.74, 6) is 0.276. The number of carboxylic acids is 3. The Labute approximate surface area is 662 Å². The molecule has 3 unspecified atom stereocenters. The van der Waals surface area contributed by atoms with Crippen LogP contribution in [-0.2, 0) is 33.7 Å². The van der Waals surface area contributed by atoms with E-state index in [1.807, 2.05) is 61.5 Å². The molecule has 0 aromatic heterocycles. The molecule has 4 heterocycles. The molecular weight excluding hydrogens is 1470 g/mol. The van der Waals surface area contributed by atoms with Crippen LogP contribution in [0.1, 0.15) is 165 Å². The molecule has 3 atom stereocenters. The number of carboxylic acid groups (broad SMARTS) is 3. The summed E-state index contributed by atoms with van der Waals surface area (Å²) in [6.07, 6.45) is 1.58. The van der Waals surface area contributed by atoms with Crippen LogP contribution in [0.5, 0.6) is 0 Å². The molecule has 0 fully saturated rings. The van der Waals surface area contributed by atoms with Crippen LogP contribution >= 0.6 is 0 Å². The smallest absolute Gasteiger partial charge is 0.317 e. The third-order valence-electron chi connectivity index (χ3n) is 15.5. The third-order valence-corrected chi connectivity index (χ3v) is 15.5. The van der Waals surface area contributed by atoms with Crippen LogP contribution in [-0.4, -0.2) is 274 Å². The second-order valence-electron chi connectivity index (χ2n) is 30.5. The standard InChI is InChI=1S/C14H26N6O4.2C12H22N6.C12H16N4O4.C11H22N4O4.C8H18N6/c1-13(2,9(15)7-17-8-11(23)24)19-20-14(3,4)12(16)18-6-5-10(21)22;2*1-11(2,9-13-5-6-14-9)17-18-12(3,4)10-15-7-8-16-10;1-4-7-19-20-12(3,9-14)16-15-11(2,8-13)6-5-10(17)18;1-10(2,9(19)12-4-6-16)14-15-11(3,8-18)13-5-7-17;1-7(2,5(9)10)13-14-8(3,4)6(11)12/h15,17H,5-8H2,1-4H3,(H2,16,18)(H,21,22)(H,23,24);2*5-8H2,1-4H3,(H,13,14)(H,15,16);4H,1,5-7H2,2-3H3,(H,17,18);8,13,16-17H,4-7H2,1-3H3,(H,12,19);1-4H3,(H3,9,10)(H3,11,12). The monoisotopic (exact) mass is 1600 g/mol. The number of nitrogens with zero attached hydrogens (tertiary/aromatic N) is 19. The van der Waals surface area contributed by atoms with Crippen molar-refractivity contribution in [3.8, 4) is 12.1 Å². The first-order chi connectivity index (χ1) is 51.9. The Morgan fingerprint density at radius 1 is 0.531 bits per heavy atom. The predicted octanol–water partition coefficient (Wildman–Crippen LogP) is 4.17. The summed E-state index contributed by atoms with van der Waals surface area (Å²) in [6.45, 7) is 47.1. The van der Waals surface area contributed by atoms with Gasteiger partial charge in [-0.05, 0) is 145 Å². The van der Waals surface area contributed by atoms with Gasteiger partial charge in [0.15, 0.2) is 23.0 Å². The Kier molecular flexibility index (Phi) is 44.3. The maximum Gasteiger partial charge on any atom is 0.317 e. The van der Waals surface area contributed by atoms with Crippen molar-refractivity contribution in [2.45, 2.75) is 231 Å². The highest BCUT2D eigenvalue weighted by Gasteiger charge is 2.36. The molecule has 0 saturated carbocycles. The number of nitriles is 2. The molecule has 0 saturated heterocycles. The summed E-state index contributed by atoms with van der Waals surface area (Å²) in [5.41, 5.74) is 6.00. The van der Waals surface area contributed by atoms with Gasteiger partial charge >= 0.3 is 17.9 Å². The summed E-state index contributed by atoms with van der Waals surface area (Å²) in [4.78, 5) is 85.2. The summed E-state index contributed by atoms with van der Waals surface area (Å²) in [7, 11) is 0. The van der Waals surface area contributed by atoms with Crippen molar-refractivity contribution >= 4 is 76.7 Å². The normalized spacial score (nSPS) is 16.5. The number of aliphatic hydroxyl groups excluding tert-OH is 2. The number of nitrogens with two attached hydrogens (primary N) is 3. The minimum absolute atomic E-state index is 0.0304. The van der Waals surface area contributed by atoms with Gasteiger partial charge in [-0.3, -0.25) is 65.1 Å².